The molecule has 1 aliphatic carbocycles. The van der Waals surface area contributed by atoms with Gasteiger partial charge in [-0.2, -0.15) is 0 Å². The molecule has 1 N–H and O–H groups in total. The smallest absolute Gasteiger partial charge is 0.358 e. The lowest BCUT2D eigenvalue weighted by molar-refractivity contribution is 0.0520. The third-order valence-corrected chi connectivity index (χ3v) is 4.49. The van der Waals surface area contributed by atoms with Crippen molar-refractivity contribution in [1.29, 1.82) is 0 Å². The van der Waals surface area contributed by atoms with Crippen LogP contribution in [0, 0.1) is 5.92 Å². The molecule has 2 aliphatic rings. The van der Waals surface area contributed by atoms with E-state index >= 15 is 0 Å². The molecule has 0 spiro atoms. The van der Waals surface area contributed by atoms with Gasteiger partial charge >= 0.3 is 5.97 Å². The van der Waals surface area contributed by atoms with Crippen LogP contribution in [0.25, 0.3) is 0 Å². The minimum absolute atomic E-state index is 0.321. The quantitative estimate of drug-likeness (QED) is 0.863. The standard InChI is InChI=1S/C15H23N3O2/c1-2-20-14(19)12-10-18-13(8-9-16-15(18)17-12)11-6-4-3-5-7-11/h10-11,13H,2-9H2,1H3,(H,16,17). The maximum absolute atomic E-state index is 11.8. The van der Waals surface area contributed by atoms with Crippen LogP contribution in [-0.2, 0) is 4.74 Å². The van der Waals surface area contributed by atoms with E-state index in [0.29, 0.717) is 18.3 Å². The Kier molecular flexibility index (Phi) is 3.94. The van der Waals surface area contributed by atoms with Crippen molar-refractivity contribution in [1.82, 2.24) is 9.55 Å². The highest BCUT2D eigenvalue weighted by Crippen LogP contribution is 2.38. The Morgan fingerprint density at radius 1 is 1.40 bits per heavy atom. The summed E-state index contributed by atoms with van der Waals surface area (Å²) in [6.45, 7) is 3.15. The first-order valence-electron chi connectivity index (χ1n) is 7.79. The number of nitrogens with one attached hydrogen (secondary N) is 1. The molecule has 1 unspecified atom stereocenters. The Bertz CT molecular complexity index is 477. The predicted octanol–water partition coefficient (Wildman–Crippen LogP) is 3.00. The summed E-state index contributed by atoms with van der Waals surface area (Å²) in [6.07, 6.45) is 9.64. The number of imidazole rings is 1. The van der Waals surface area contributed by atoms with Crippen molar-refractivity contribution in [3.8, 4) is 0 Å². The van der Waals surface area contributed by atoms with Gasteiger partial charge in [-0.3, -0.25) is 0 Å². The summed E-state index contributed by atoms with van der Waals surface area (Å²) in [5.41, 5.74) is 0.428. The van der Waals surface area contributed by atoms with E-state index in [9.17, 15) is 4.79 Å². The van der Waals surface area contributed by atoms with Gasteiger partial charge in [0.1, 0.15) is 0 Å². The van der Waals surface area contributed by atoms with Gasteiger partial charge in [-0.1, -0.05) is 19.3 Å². The Hall–Kier alpha value is -1.52. The SMILES string of the molecule is CCOC(=O)c1cn2c(n1)NCCC2C1CCCCC1. The lowest BCUT2D eigenvalue weighted by atomic mass is 9.82. The van der Waals surface area contributed by atoms with Crippen LogP contribution in [0.4, 0.5) is 5.95 Å². The minimum Gasteiger partial charge on any atom is -0.461 e. The normalized spacial score (nSPS) is 22.9. The van der Waals surface area contributed by atoms with E-state index in [1.54, 1.807) is 0 Å². The van der Waals surface area contributed by atoms with Crippen LogP contribution in [0.2, 0.25) is 0 Å². The van der Waals surface area contributed by atoms with Crippen LogP contribution in [0.5, 0.6) is 0 Å². The van der Waals surface area contributed by atoms with E-state index in [2.05, 4.69) is 14.9 Å². The molecule has 0 amide bonds. The van der Waals surface area contributed by atoms with Crippen LogP contribution < -0.4 is 5.32 Å². The number of rotatable bonds is 3. The van der Waals surface area contributed by atoms with E-state index < -0.39 is 0 Å². The summed E-state index contributed by atoms with van der Waals surface area (Å²) in [4.78, 5) is 16.2. The zero-order valence-electron chi connectivity index (χ0n) is 12.1. The predicted molar refractivity (Wildman–Crippen MR) is 76.9 cm³/mol. The molecule has 0 aromatic carbocycles. The second-order valence-electron chi connectivity index (χ2n) is 5.76. The molecule has 1 fully saturated rings. The maximum atomic E-state index is 11.8. The number of hydrogen-bond donors (Lipinski definition) is 1. The van der Waals surface area contributed by atoms with Gasteiger partial charge in [-0.05, 0) is 32.1 Å². The van der Waals surface area contributed by atoms with Gasteiger partial charge in [0.25, 0.3) is 0 Å². The summed E-state index contributed by atoms with van der Waals surface area (Å²) in [5, 5.41) is 3.29. The molecule has 0 radical (unpaired) electrons. The molecule has 1 atom stereocenters. The number of carbonyl (C=O) groups excluding carboxylic acids is 1. The van der Waals surface area contributed by atoms with Crippen molar-refractivity contribution < 1.29 is 9.53 Å². The number of hydrogen-bond acceptors (Lipinski definition) is 4. The molecule has 1 saturated carbocycles. The van der Waals surface area contributed by atoms with Gasteiger partial charge in [0.2, 0.25) is 5.95 Å². The summed E-state index contributed by atoms with van der Waals surface area (Å²) in [7, 11) is 0. The lowest BCUT2D eigenvalue weighted by Gasteiger charge is -2.34. The van der Waals surface area contributed by atoms with E-state index in [-0.39, 0.29) is 5.97 Å². The molecular formula is C15H23N3O2. The van der Waals surface area contributed by atoms with Gasteiger partial charge in [0.05, 0.1) is 6.61 Å². The summed E-state index contributed by atoms with van der Waals surface area (Å²) >= 11 is 0. The summed E-state index contributed by atoms with van der Waals surface area (Å²) in [5.74, 6) is 1.24. The Balaban J connectivity index is 1.82. The largest absolute Gasteiger partial charge is 0.461 e. The topological polar surface area (TPSA) is 56.2 Å². The number of aromatic nitrogens is 2. The molecular weight excluding hydrogens is 254 g/mol. The first kappa shape index (κ1) is 13.5. The molecule has 5 heteroatoms. The second kappa shape index (κ2) is 5.85. The van der Waals surface area contributed by atoms with Gasteiger partial charge in [0.15, 0.2) is 5.69 Å². The fourth-order valence-corrected chi connectivity index (χ4v) is 3.53. The molecule has 1 aromatic heterocycles. The first-order chi connectivity index (χ1) is 9.79. The third-order valence-electron chi connectivity index (χ3n) is 4.49. The molecule has 1 aromatic rings. The summed E-state index contributed by atoms with van der Waals surface area (Å²) < 4.78 is 7.22. The number of carbonyl (C=O) groups is 1. The summed E-state index contributed by atoms with van der Waals surface area (Å²) in [6, 6.07) is 0.488. The Labute approximate surface area is 119 Å². The highest BCUT2D eigenvalue weighted by molar-refractivity contribution is 5.87. The monoisotopic (exact) mass is 277 g/mol. The number of esters is 1. The van der Waals surface area contributed by atoms with Crippen LogP contribution in [0.15, 0.2) is 6.20 Å². The van der Waals surface area contributed by atoms with Gasteiger partial charge in [-0.15, -0.1) is 0 Å². The van der Waals surface area contributed by atoms with Gasteiger partial charge in [0, 0.05) is 18.8 Å². The Morgan fingerprint density at radius 3 is 2.95 bits per heavy atom. The van der Waals surface area contributed by atoms with E-state index in [0.717, 1.165) is 24.8 Å². The lowest BCUT2D eigenvalue weighted by Crippen LogP contribution is -2.29. The number of ether oxygens (including phenoxy) is 1. The minimum atomic E-state index is -0.321. The number of fused-ring (bicyclic) bond motifs is 1. The second-order valence-corrected chi connectivity index (χ2v) is 5.76. The van der Waals surface area contributed by atoms with Crippen LogP contribution >= 0.6 is 0 Å². The van der Waals surface area contributed by atoms with Crippen molar-refractivity contribution >= 4 is 11.9 Å². The van der Waals surface area contributed by atoms with Crippen LogP contribution in [0.3, 0.4) is 0 Å². The highest BCUT2D eigenvalue weighted by atomic mass is 16.5. The highest BCUT2D eigenvalue weighted by Gasteiger charge is 2.30. The fraction of sp³-hybridized carbons (Fsp3) is 0.733. The molecule has 20 heavy (non-hydrogen) atoms. The third kappa shape index (κ3) is 2.53. The van der Waals surface area contributed by atoms with Crippen molar-refractivity contribution in [2.24, 2.45) is 5.92 Å². The van der Waals surface area contributed by atoms with Crippen LogP contribution in [-0.4, -0.2) is 28.7 Å². The number of nitrogens with zero attached hydrogens (tertiary/aromatic N) is 2. The Morgan fingerprint density at radius 2 is 2.20 bits per heavy atom. The van der Waals surface area contributed by atoms with Crippen molar-refractivity contribution in [2.45, 2.75) is 51.5 Å². The maximum Gasteiger partial charge on any atom is 0.358 e. The molecule has 0 saturated heterocycles. The zero-order valence-corrected chi connectivity index (χ0v) is 12.1. The average Bonchev–Trinajstić information content (AvgIpc) is 2.92. The van der Waals surface area contributed by atoms with E-state index in [1.165, 1.54) is 32.1 Å². The van der Waals surface area contributed by atoms with E-state index in [1.807, 2.05) is 13.1 Å². The fourth-order valence-electron chi connectivity index (χ4n) is 3.53. The van der Waals surface area contributed by atoms with Crippen molar-refractivity contribution in [3.05, 3.63) is 11.9 Å². The molecule has 5 nitrogen and oxygen atoms in total. The van der Waals surface area contributed by atoms with Crippen molar-refractivity contribution in [2.75, 3.05) is 18.5 Å². The molecule has 2 heterocycles. The van der Waals surface area contributed by atoms with Gasteiger partial charge < -0.3 is 14.6 Å². The first-order valence-corrected chi connectivity index (χ1v) is 7.79. The average molecular weight is 277 g/mol. The van der Waals surface area contributed by atoms with Gasteiger partial charge in [-0.25, -0.2) is 9.78 Å². The zero-order chi connectivity index (χ0) is 13.9. The van der Waals surface area contributed by atoms with E-state index in [4.69, 9.17) is 4.74 Å². The molecule has 1 aliphatic heterocycles. The van der Waals surface area contributed by atoms with Crippen molar-refractivity contribution in [3.63, 3.8) is 0 Å². The molecule has 110 valence electrons. The molecule has 0 bridgehead atoms. The molecule has 3 rings (SSSR count). The van der Waals surface area contributed by atoms with Crippen LogP contribution in [0.1, 0.15) is 62.0 Å². The number of anilines is 1.